The van der Waals surface area contributed by atoms with E-state index in [-0.39, 0.29) is 11.0 Å². The van der Waals surface area contributed by atoms with Crippen LogP contribution in [-0.2, 0) is 4.74 Å². The van der Waals surface area contributed by atoms with Crippen molar-refractivity contribution in [3.05, 3.63) is 28.2 Å². The van der Waals surface area contributed by atoms with Gasteiger partial charge in [0, 0.05) is 11.1 Å². The Kier molecular flexibility index (Phi) is 4.01. The molecule has 0 radical (unpaired) electrons. The summed E-state index contributed by atoms with van der Waals surface area (Å²) in [5, 5.41) is -0.148. The van der Waals surface area contributed by atoms with Crippen molar-refractivity contribution >= 4 is 27.5 Å². The van der Waals surface area contributed by atoms with E-state index in [9.17, 15) is 0 Å². The van der Waals surface area contributed by atoms with Gasteiger partial charge in [-0.3, -0.25) is 0 Å². The Labute approximate surface area is 115 Å². The molecule has 0 bridgehead atoms. The van der Waals surface area contributed by atoms with Crippen LogP contribution in [0.2, 0.25) is 0 Å². The Morgan fingerprint density at radius 2 is 2.29 bits per heavy atom. The molecule has 1 aromatic rings. The number of benzene rings is 1. The van der Waals surface area contributed by atoms with Gasteiger partial charge in [-0.15, -0.1) is 11.6 Å². The van der Waals surface area contributed by atoms with Gasteiger partial charge in [0.05, 0.1) is 18.1 Å². The Balaban J connectivity index is 2.27. The first-order valence-electron chi connectivity index (χ1n) is 5.68. The van der Waals surface area contributed by atoms with Gasteiger partial charge in [0.25, 0.3) is 0 Å². The molecule has 4 heteroatoms. The molecule has 2 atom stereocenters. The molecule has 0 spiro atoms. The van der Waals surface area contributed by atoms with Crippen LogP contribution in [0.5, 0.6) is 5.75 Å². The SMILES string of the molecule is COc1ccc(C(Cl)C2(C)CCCO2)c(Br)c1. The minimum Gasteiger partial charge on any atom is -0.497 e. The quantitative estimate of drug-likeness (QED) is 0.773. The third-order valence-electron chi connectivity index (χ3n) is 3.27. The predicted molar refractivity (Wildman–Crippen MR) is 72.9 cm³/mol. The van der Waals surface area contributed by atoms with Crippen molar-refractivity contribution < 1.29 is 9.47 Å². The summed E-state index contributed by atoms with van der Waals surface area (Å²) < 4.78 is 11.9. The van der Waals surface area contributed by atoms with Gasteiger partial charge in [-0.05, 0) is 37.5 Å². The molecule has 0 saturated carbocycles. The fraction of sp³-hybridized carbons (Fsp3) is 0.538. The lowest BCUT2D eigenvalue weighted by Gasteiger charge is -2.29. The molecule has 94 valence electrons. The highest BCUT2D eigenvalue weighted by atomic mass is 79.9. The van der Waals surface area contributed by atoms with Gasteiger partial charge < -0.3 is 9.47 Å². The highest BCUT2D eigenvalue weighted by Crippen LogP contribution is 2.44. The van der Waals surface area contributed by atoms with Gasteiger partial charge >= 0.3 is 0 Å². The van der Waals surface area contributed by atoms with Crippen LogP contribution in [0.25, 0.3) is 0 Å². The second kappa shape index (κ2) is 5.17. The molecule has 1 aliphatic rings. The summed E-state index contributed by atoms with van der Waals surface area (Å²) in [6.07, 6.45) is 2.08. The highest BCUT2D eigenvalue weighted by molar-refractivity contribution is 9.10. The molecule has 2 nitrogen and oxygen atoms in total. The van der Waals surface area contributed by atoms with E-state index >= 15 is 0 Å². The van der Waals surface area contributed by atoms with E-state index in [1.165, 1.54) is 0 Å². The number of hydrogen-bond acceptors (Lipinski definition) is 2. The molecule has 17 heavy (non-hydrogen) atoms. The van der Waals surface area contributed by atoms with Crippen LogP contribution in [0.4, 0.5) is 0 Å². The Bertz CT molecular complexity index is 402. The van der Waals surface area contributed by atoms with Crippen LogP contribution in [0.15, 0.2) is 22.7 Å². The topological polar surface area (TPSA) is 18.5 Å². The first kappa shape index (κ1) is 13.2. The van der Waals surface area contributed by atoms with E-state index in [1.54, 1.807) is 7.11 Å². The summed E-state index contributed by atoms with van der Waals surface area (Å²) in [4.78, 5) is 0. The number of rotatable bonds is 3. The van der Waals surface area contributed by atoms with Crippen LogP contribution in [0.3, 0.4) is 0 Å². The maximum absolute atomic E-state index is 6.56. The molecule has 1 fully saturated rings. The molecule has 1 heterocycles. The number of methoxy groups -OCH3 is 1. The van der Waals surface area contributed by atoms with E-state index in [0.29, 0.717) is 0 Å². The van der Waals surface area contributed by atoms with Gasteiger partial charge in [0.15, 0.2) is 0 Å². The first-order chi connectivity index (χ1) is 8.07. The summed E-state index contributed by atoms with van der Waals surface area (Å²) in [5.74, 6) is 0.821. The highest BCUT2D eigenvalue weighted by Gasteiger charge is 2.38. The molecule has 1 saturated heterocycles. The van der Waals surface area contributed by atoms with Crippen molar-refractivity contribution in [3.63, 3.8) is 0 Å². The smallest absolute Gasteiger partial charge is 0.120 e. The summed E-state index contributed by atoms with van der Waals surface area (Å²) >= 11 is 10.1. The maximum atomic E-state index is 6.56. The molecular weight excluding hydrogens is 303 g/mol. The summed E-state index contributed by atoms with van der Waals surface area (Å²) in [5.41, 5.74) is 0.787. The Morgan fingerprint density at radius 1 is 1.53 bits per heavy atom. The van der Waals surface area contributed by atoms with Gasteiger partial charge in [-0.1, -0.05) is 22.0 Å². The van der Waals surface area contributed by atoms with Crippen molar-refractivity contribution in [1.82, 2.24) is 0 Å². The van der Waals surface area contributed by atoms with Crippen LogP contribution in [-0.4, -0.2) is 19.3 Å². The summed E-state index contributed by atoms with van der Waals surface area (Å²) in [6, 6.07) is 5.85. The molecule has 0 N–H and O–H groups in total. The Hall–Kier alpha value is -0.250. The largest absolute Gasteiger partial charge is 0.497 e. The molecule has 0 aliphatic carbocycles. The standard InChI is InChI=1S/C13H16BrClO2/c1-13(6-3-7-17-13)12(15)10-5-4-9(16-2)8-11(10)14/h4-5,8,12H,3,6-7H2,1-2H3. The van der Waals surface area contributed by atoms with Crippen LogP contribution < -0.4 is 4.74 Å². The molecule has 0 amide bonds. The normalized spacial score (nSPS) is 25.9. The van der Waals surface area contributed by atoms with E-state index in [0.717, 1.165) is 35.2 Å². The number of halogens is 2. The van der Waals surface area contributed by atoms with Crippen LogP contribution in [0.1, 0.15) is 30.7 Å². The van der Waals surface area contributed by atoms with Crippen molar-refractivity contribution in [2.45, 2.75) is 30.7 Å². The van der Waals surface area contributed by atoms with Crippen LogP contribution >= 0.6 is 27.5 Å². The third-order valence-corrected chi connectivity index (χ3v) is 4.65. The zero-order valence-electron chi connectivity index (χ0n) is 10.0. The molecular formula is C13H16BrClO2. The molecule has 0 aromatic heterocycles. The van der Waals surface area contributed by atoms with E-state index in [1.807, 2.05) is 18.2 Å². The zero-order chi connectivity index (χ0) is 12.5. The van der Waals surface area contributed by atoms with Gasteiger partial charge in [-0.2, -0.15) is 0 Å². The van der Waals surface area contributed by atoms with Crippen LogP contribution in [0, 0.1) is 0 Å². The van der Waals surface area contributed by atoms with E-state index in [4.69, 9.17) is 21.1 Å². The lowest BCUT2D eigenvalue weighted by atomic mass is 9.93. The predicted octanol–water partition coefficient (Wildman–Crippen LogP) is 4.31. The fourth-order valence-electron chi connectivity index (χ4n) is 2.17. The molecule has 1 aliphatic heterocycles. The average molecular weight is 320 g/mol. The number of ether oxygens (including phenoxy) is 2. The number of alkyl halides is 1. The Morgan fingerprint density at radius 3 is 2.82 bits per heavy atom. The third kappa shape index (κ3) is 2.61. The second-order valence-corrected chi connectivity index (χ2v) is 5.81. The zero-order valence-corrected chi connectivity index (χ0v) is 12.3. The van der Waals surface area contributed by atoms with Crippen molar-refractivity contribution in [1.29, 1.82) is 0 Å². The lowest BCUT2D eigenvalue weighted by molar-refractivity contribution is 0.0163. The van der Waals surface area contributed by atoms with Crippen molar-refractivity contribution in [2.24, 2.45) is 0 Å². The van der Waals surface area contributed by atoms with E-state index < -0.39 is 0 Å². The van der Waals surface area contributed by atoms with Gasteiger partial charge in [-0.25, -0.2) is 0 Å². The lowest BCUT2D eigenvalue weighted by Crippen LogP contribution is -2.29. The minimum atomic E-state index is -0.265. The first-order valence-corrected chi connectivity index (χ1v) is 6.91. The average Bonchev–Trinajstić information content (AvgIpc) is 2.76. The second-order valence-electron chi connectivity index (χ2n) is 4.51. The van der Waals surface area contributed by atoms with E-state index in [2.05, 4.69) is 22.9 Å². The van der Waals surface area contributed by atoms with Gasteiger partial charge in [0.2, 0.25) is 0 Å². The fourth-order valence-corrected chi connectivity index (χ4v) is 3.25. The molecule has 1 aromatic carbocycles. The molecule has 2 unspecified atom stereocenters. The monoisotopic (exact) mass is 318 g/mol. The summed E-state index contributed by atoms with van der Waals surface area (Å²) in [6.45, 7) is 2.88. The van der Waals surface area contributed by atoms with Gasteiger partial charge in [0.1, 0.15) is 5.75 Å². The number of hydrogen-bond donors (Lipinski definition) is 0. The maximum Gasteiger partial charge on any atom is 0.120 e. The van der Waals surface area contributed by atoms with Crippen molar-refractivity contribution in [3.8, 4) is 5.75 Å². The summed E-state index contributed by atoms with van der Waals surface area (Å²) in [7, 11) is 1.65. The minimum absolute atomic E-state index is 0.148. The van der Waals surface area contributed by atoms with Crippen molar-refractivity contribution in [2.75, 3.05) is 13.7 Å². The molecule has 2 rings (SSSR count).